The Morgan fingerprint density at radius 1 is 1.53 bits per heavy atom. The minimum absolute atomic E-state index is 0.510. The molecule has 1 atom stereocenters. The molecule has 1 N–H and O–H groups in total. The molecule has 0 fully saturated rings. The highest BCUT2D eigenvalue weighted by Gasteiger charge is 2.37. The molecule has 0 aliphatic heterocycles. The van der Waals surface area contributed by atoms with Gasteiger partial charge < -0.3 is 9.52 Å². The maximum Gasteiger partial charge on any atom is 0.401 e. The molecule has 4 nitrogen and oxygen atoms in total. The van der Waals surface area contributed by atoms with Crippen LogP contribution >= 0.6 is 0 Å². The predicted molar refractivity (Wildman–Crippen MR) is 59.7 cm³/mol. The van der Waals surface area contributed by atoms with Gasteiger partial charge >= 0.3 is 12.1 Å². The molecule has 1 heterocycles. The number of hydrogen-bond acceptors (Lipinski definition) is 3. The van der Waals surface area contributed by atoms with Gasteiger partial charge in [0.05, 0.1) is 19.4 Å². The van der Waals surface area contributed by atoms with Crippen LogP contribution in [0, 0.1) is 0 Å². The van der Waals surface area contributed by atoms with E-state index in [1.165, 1.54) is 6.26 Å². The molecule has 0 amide bonds. The van der Waals surface area contributed by atoms with E-state index in [2.05, 4.69) is 0 Å². The zero-order chi connectivity index (χ0) is 14.0. The van der Waals surface area contributed by atoms with E-state index >= 15 is 0 Å². The fraction of sp³-hybridized carbons (Fsp3) is 0.583. The molecule has 1 aromatic rings. The summed E-state index contributed by atoms with van der Waals surface area (Å²) in [6.07, 6.45) is -1.09. The van der Waals surface area contributed by atoms with Crippen molar-refractivity contribution in [3.63, 3.8) is 0 Å². The Morgan fingerprint density at radius 2 is 2.26 bits per heavy atom. The number of carboxylic acids is 1. The number of nitrogens with zero attached hydrogens (tertiary/aromatic N) is 1. The summed E-state index contributed by atoms with van der Waals surface area (Å²) < 4.78 is 42.9. The molecule has 7 heteroatoms. The summed E-state index contributed by atoms with van der Waals surface area (Å²) >= 11 is 0. The molecule has 1 aromatic heterocycles. The smallest absolute Gasteiger partial charge is 0.401 e. The van der Waals surface area contributed by atoms with Gasteiger partial charge in [-0.05, 0) is 18.9 Å². The first-order valence-corrected chi connectivity index (χ1v) is 5.95. The maximum absolute atomic E-state index is 12.6. The number of carbonyl (C=O) groups is 1. The van der Waals surface area contributed by atoms with E-state index in [1.54, 1.807) is 6.07 Å². The molecule has 0 saturated carbocycles. The van der Waals surface area contributed by atoms with Gasteiger partial charge in [0.2, 0.25) is 0 Å². The third kappa shape index (κ3) is 3.50. The maximum atomic E-state index is 12.6. The second kappa shape index (κ2) is 5.24. The Hall–Kier alpha value is -1.50. The van der Waals surface area contributed by atoms with Crippen LogP contribution in [0.2, 0.25) is 0 Å². The third-order valence-electron chi connectivity index (χ3n) is 3.18. The molecule has 0 aromatic carbocycles. The van der Waals surface area contributed by atoms with Crippen LogP contribution in [0.4, 0.5) is 13.2 Å². The van der Waals surface area contributed by atoms with Gasteiger partial charge in [-0.2, -0.15) is 13.2 Å². The van der Waals surface area contributed by atoms with Crippen molar-refractivity contribution in [3.05, 3.63) is 23.7 Å². The molecular weight excluding hydrogens is 263 g/mol. The van der Waals surface area contributed by atoms with Crippen LogP contribution in [0.25, 0.3) is 0 Å². The predicted octanol–water partition coefficient (Wildman–Crippen LogP) is 2.61. The van der Waals surface area contributed by atoms with Gasteiger partial charge in [-0.25, -0.2) is 0 Å². The molecule has 2 rings (SSSR count). The van der Waals surface area contributed by atoms with Gasteiger partial charge in [0.1, 0.15) is 5.76 Å². The summed E-state index contributed by atoms with van der Waals surface area (Å²) in [7, 11) is 0. The second-order valence-corrected chi connectivity index (χ2v) is 4.62. The first-order chi connectivity index (χ1) is 8.87. The molecule has 1 aliphatic rings. The van der Waals surface area contributed by atoms with E-state index in [9.17, 15) is 18.0 Å². The lowest BCUT2D eigenvalue weighted by Crippen LogP contribution is -2.41. The van der Waals surface area contributed by atoms with Crippen molar-refractivity contribution >= 4 is 5.97 Å². The quantitative estimate of drug-likeness (QED) is 0.919. The van der Waals surface area contributed by atoms with Crippen molar-refractivity contribution in [1.29, 1.82) is 0 Å². The lowest BCUT2D eigenvalue weighted by molar-refractivity contribution is -0.159. The normalized spacial score (nSPS) is 19.5. The molecule has 1 aliphatic carbocycles. The average Bonchev–Trinajstić information content (AvgIpc) is 2.72. The molecule has 0 radical (unpaired) electrons. The molecule has 0 bridgehead atoms. The van der Waals surface area contributed by atoms with Gasteiger partial charge in [0, 0.05) is 18.0 Å². The van der Waals surface area contributed by atoms with Crippen molar-refractivity contribution in [3.8, 4) is 0 Å². The number of aryl methyl sites for hydroxylation is 1. The summed E-state index contributed by atoms with van der Waals surface area (Å²) in [4.78, 5) is 11.7. The van der Waals surface area contributed by atoms with Crippen LogP contribution in [0.5, 0.6) is 0 Å². The molecule has 106 valence electrons. The van der Waals surface area contributed by atoms with E-state index in [1.807, 2.05) is 0 Å². The van der Waals surface area contributed by atoms with Crippen molar-refractivity contribution in [2.45, 2.75) is 31.5 Å². The standard InChI is InChI=1S/C12H14F3NO3/c13-12(14,15)7-16(6-11(17)18)9-2-1-3-10-8(9)4-5-19-10/h4-5,9H,1-3,6-7H2,(H,17,18). The number of furan rings is 1. The monoisotopic (exact) mass is 277 g/mol. The third-order valence-corrected chi connectivity index (χ3v) is 3.18. The number of carboxylic acid groups (broad SMARTS) is 1. The van der Waals surface area contributed by atoms with E-state index < -0.39 is 31.3 Å². The number of halogens is 3. The number of alkyl halides is 3. The lowest BCUT2D eigenvalue weighted by atomic mass is 9.92. The first-order valence-electron chi connectivity index (χ1n) is 5.95. The lowest BCUT2D eigenvalue weighted by Gasteiger charge is -2.33. The van der Waals surface area contributed by atoms with Crippen molar-refractivity contribution in [1.82, 2.24) is 4.90 Å². The Balaban J connectivity index is 2.22. The molecule has 0 spiro atoms. The highest BCUT2D eigenvalue weighted by Crippen LogP contribution is 2.36. The fourth-order valence-electron chi connectivity index (χ4n) is 2.52. The van der Waals surface area contributed by atoms with Crippen LogP contribution in [0.1, 0.15) is 30.2 Å². The Bertz CT molecular complexity index is 455. The molecule has 1 unspecified atom stereocenters. The average molecular weight is 277 g/mol. The fourth-order valence-corrected chi connectivity index (χ4v) is 2.52. The highest BCUT2D eigenvalue weighted by atomic mass is 19.4. The number of aliphatic carboxylic acids is 1. The molecular formula is C12H14F3NO3. The minimum Gasteiger partial charge on any atom is -0.480 e. The minimum atomic E-state index is -4.42. The van der Waals surface area contributed by atoms with Gasteiger partial charge in [-0.1, -0.05) is 0 Å². The van der Waals surface area contributed by atoms with E-state index in [0.29, 0.717) is 30.6 Å². The second-order valence-electron chi connectivity index (χ2n) is 4.62. The van der Waals surface area contributed by atoms with Gasteiger partial charge in [-0.3, -0.25) is 9.69 Å². The van der Waals surface area contributed by atoms with Gasteiger partial charge in [0.15, 0.2) is 0 Å². The summed E-state index contributed by atoms with van der Waals surface area (Å²) in [5.74, 6) is -0.603. The van der Waals surface area contributed by atoms with Crippen molar-refractivity contribution in [2.24, 2.45) is 0 Å². The summed E-state index contributed by atoms with van der Waals surface area (Å²) in [6.45, 7) is -1.86. The van der Waals surface area contributed by atoms with E-state index in [4.69, 9.17) is 9.52 Å². The van der Waals surface area contributed by atoms with Crippen LogP contribution in [0.3, 0.4) is 0 Å². The largest absolute Gasteiger partial charge is 0.480 e. The van der Waals surface area contributed by atoms with Crippen LogP contribution in [-0.4, -0.2) is 35.2 Å². The number of fused-ring (bicyclic) bond motifs is 1. The zero-order valence-corrected chi connectivity index (χ0v) is 10.1. The summed E-state index contributed by atoms with van der Waals surface area (Å²) in [6, 6.07) is 1.09. The SMILES string of the molecule is O=C(O)CN(CC(F)(F)F)C1CCCc2occc21. The Morgan fingerprint density at radius 3 is 2.89 bits per heavy atom. The zero-order valence-electron chi connectivity index (χ0n) is 10.1. The van der Waals surface area contributed by atoms with Gasteiger partial charge in [-0.15, -0.1) is 0 Å². The molecule has 19 heavy (non-hydrogen) atoms. The Labute approximate surface area is 107 Å². The molecule has 0 saturated heterocycles. The number of hydrogen-bond donors (Lipinski definition) is 1. The van der Waals surface area contributed by atoms with Crippen LogP contribution in [-0.2, 0) is 11.2 Å². The van der Waals surface area contributed by atoms with Gasteiger partial charge in [0.25, 0.3) is 0 Å². The summed E-state index contributed by atoms with van der Waals surface area (Å²) in [5.41, 5.74) is 0.678. The first kappa shape index (κ1) is 13.9. The van der Waals surface area contributed by atoms with Crippen LogP contribution in [0.15, 0.2) is 16.7 Å². The van der Waals surface area contributed by atoms with E-state index in [0.717, 1.165) is 4.90 Å². The van der Waals surface area contributed by atoms with E-state index in [-0.39, 0.29) is 0 Å². The Kier molecular flexibility index (Phi) is 3.84. The van der Waals surface area contributed by atoms with Crippen molar-refractivity contribution in [2.75, 3.05) is 13.1 Å². The van der Waals surface area contributed by atoms with Crippen LogP contribution < -0.4 is 0 Å². The number of rotatable bonds is 4. The van der Waals surface area contributed by atoms with Crippen molar-refractivity contribution < 1.29 is 27.5 Å². The summed E-state index contributed by atoms with van der Waals surface area (Å²) in [5, 5.41) is 8.78. The highest BCUT2D eigenvalue weighted by molar-refractivity contribution is 5.69. The topological polar surface area (TPSA) is 53.7 Å².